The van der Waals surface area contributed by atoms with E-state index >= 15 is 0 Å². The number of rotatable bonds is 5. The van der Waals surface area contributed by atoms with Crippen molar-refractivity contribution in [1.82, 2.24) is 9.97 Å². The van der Waals surface area contributed by atoms with Gasteiger partial charge in [-0.3, -0.25) is 0 Å². The molecule has 1 aliphatic heterocycles. The maximum absolute atomic E-state index is 13.6. The van der Waals surface area contributed by atoms with Crippen LogP contribution >= 0.6 is 23.5 Å². The molecule has 1 N–H and O–H groups in total. The Morgan fingerprint density at radius 1 is 1.29 bits per heavy atom. The summed E-state index contributed by atoms with van der Waals surface area (Å²) < 4.78 is 13.6. The molecule has 6 heteroatoms. The summed E-state index contributed by atoms with van der Waals surface area (Å²) >= 11 is 3.30. The highest BCUT2D eigenvalue weighted by Crippen LogP contribution is 2.33. The van der Waals surface area contributed by atoms with E-state index in [9.17, 15) is 4.39 Å². The quantitative estimate of drug-likeness (QED) is 0.840. The normalized spacial score (nSPS) is 13.2. The lowest BCUT2D eigenvalue weighted by atomic mass is 10.2. The van der Waals surface area contributed by atoms with Crippen LogP contribution in [-0.2, 0) is 17.3 Å². The van der Waals surface area contributed by atoms with E-state index in [0.717, 1.165) is 35.4 Å². The van der Waals surface area contributed by atoms with Crippen LogP contribution in [0.3, 0.4) is 0 Å². The van der Waals surface area contributed by atoms with Crippen molar-refractivity contribution in [3.63, 3.8) is 0 Å². The van der Waals surface area contributed by atoms with Crippen LogP contribution in [0.2, 0.25) is 0 Å². The van der Waals surface area contributed by atoms with Gasteiger partial charge in [0.1, 0.15) is 17.5 Å². The Morgan fingerprint density at radius 2 is 2.14 bits per heavy atom. The minimum absolute atomic E-state index is 0.189. The van der Waals surface area contributed by atoms with E-state index in [0.29, 0.717) is 10.6 Å². The molecule has 0 saturated heterocycles. The number of nitrogens with zero attached hydrogens (tertiary/aromatic N) is 2. The highest BCUT2D eigenvalue weighted by Gasteiger charge is 2.19. The Labute approximate surface area is 132 Å². The smallest absolute Gasteiger partial charge is 0.141 e. The summed E-state index contributed by atoms with van der Waals surface area (Å²) in [6, 6.07) is 6.81. The third kappa shape index (κ3) is 3.32. The molecular formula is C15H16FN3S2. The molecule has 0 spiro atoms. The van der Waals surface area contributed by atoms with Crippen molar-refractivity contribution >= 4 is 29.3 Å². The third-order valence-electron chi connectivity index (χ3n) is 3.16. The monoisotopic (exact) mass is 321 g/mol. The number of fused-ring (bicyclic) bond motifs is 1. The Hall–Kier alpha value is -1.27. The zero-order chi connectivity index (χ0) is 14.7. The lowest BCUT2D eigenvalue weighted by Gasteiger charge is -2.10. The first kappa shape index (κ1) is 14.7. The van der Waals surface area contributed by atoms with Crippen LogP contribution in [0, 0.1) is 5.82 Å². The van der Waals surface area contributed by atoms with Gasteiger partial charge in [0.05, 0.1) is 11.4 Å². The molecule has 0 unspecified atom stereocenters. The van der Waals surface area contributed by atoms with Crippen molar-refractivity contribution in [2.75, 3.05) is 11.9 Å². The molecule has 3 rings (SSSR count). The number of aromatic nitrogens is 2. The van der Waals surface area contributed by atoms with Crippen LogP contribution in [0.4, 0.5) is 10.2 Å². The zero-order valence-corrected chi connectivity index (χ0v) is 13.4. The van der Waals surface area contributed by atoms with Crippen LogP contribution < -0.4 is 5.32 Å². The minimum Gasteiger partial charge on any atom is -0.370 e. The molecule has 0 atom stereocenters. The average molecular weight is 321 g/mol. The maximum Gasteiger partial charge on any atom is 0.141 e. The van der Waals surface area contributed by atoms with Crippen molar-refractivity contribution in [3.8, 4) is 0 Å². The van der Waals surface area contributed by atoms with Crippen LogP contribution in [0.5, 0.6) is 0 Å². The van der Waals surface area contributed by atoms with Gasteiger partial charge in [-0.25, -0.2) is 14.4 Å². The Kier molecular flexibility index (Phi) is 4.65. The number of hydrogen-bond donors (Lipinski definition) is 1. The second kappa shape index (κ2) is 6.66. The fraction of sp³-hybridized carbons (Fsp3) is 0.333. The summed E-state index contributed by atoms with van der Waals surface area (Å²) in [5.41, 5.74) is 2.34. The summed E-state index contributed by atoms with van der Waals surface area (Å²) in [5, 5.41) is 3.31. The SMILES string of the molecule is CCNc1nc(CSc2ccccc2F)nc2c1CSC2. The topological polar surface area (TPSA) is 37.8 Å². The standard InChI is InChI=1S/C15H16FN3S2/c1-2-17-15-10-7-20-8-12(10)18-14(19-15)9-21-13-6-4-3-5-11(13)16/h3-6H,2,7-9H2,1H3,(H,17,18,19). The predicted molar refractivity (Wildman–Crippen MR) is 87.2 cm³/mol. The number of nitrogens with one attached hydrogen (secondary N) is 1. The second-order valence-corrected chi connectivity index (χ2v) is 6.66. The van der Waals surface area contributed by atoms with Crippen molar-refractivity contribution in [1.29, 1.82) is 0 Å². The molecule has 1 aliphatic rings. The Morgan fingerprint density at radius 3 is 2.95 bits per heavy atom. The van der Waals surface area contributed by atoms with Crippen molar-refractivity contribution in [3.05, 3.63) is 47.2 Å². The molecule has 0 amide bonds. The zero-order valence-electron chi connectivity index (χ0n) is 11.7. The fourth-order valence-electron chi connectivity index (χ4n) is 2.18. The molecule has 21 heavy (non-hydrogen) atoms. The molecule has 2 heterocycles. The largest absolute Gasteiger partial charge is 0.370 e. The van der Waals surface area contributed by atoms with E-state index in [1.54, 1.807) is 12.1 Å². The molecule has 2 aromatic rings. The summed E-state index contributed by atoms with van der Waals surface area (Å²) in [5.74, 6) is 4.01. The highest BCUT2D eigenvalue weighted by molar-refractivity contribution is 7.98. The number of thioether (sulfide) groups is 2. The first-order chi connectivity index (χ1) is 10.3. The first-order valence-corrected chi connectivity index (χ1v) is 8.99. The average Bonchev–Trinajstić information content (AvgIpc) is 2.95. The Bertz CT molecular complexity index is 649. The minimum atomic E-state index is -0.189. The van der Waals surface area contributed by atoms with Gasteiger partial charge in [0.2, 0.25) is 0 Å². The summed E-state index contributed by atoms with van der Waals surface area (Å²) in [6.45, 7) is 2.90. The number of halogens is 1. The third-order valence-corrected chi connectivity index (χ3v) is 5.18. The van der Waals surface area contributed by atoms with Gasteiger partial charge in [0.25, 0.3) is 0 Å². The van der Waals surface area contributed by atoms with Gasteiger partial charge < -0.3 is 5.32 Å². The van der Waals surface area contributed by atoms with Gasteiger partial charge >= 0.3 is 0 Å². The maximum atomic E-state index is 13.6. The van der Waals surface area contributed by atoms with E-state index in [-0.39, 0.29) is 5.82 Å². The predicted octanol–water partition coefficient (Wildman–Crippen LogP) is 4.09. The summed E-state index contributed by atoms with van der Waals surface area (Å²) in [6.07, 6.45) is 0. The van der Waals surface area contributed by atoms with E-state index in [1.165, 1.54) is 23.4 Å². The molecule has 0 fully saturated rings. The molecule has 0 aliphatic carbocycles. The van der Waals surface area contributed by atoms with Gasteiger partial charge in [0.15, 0.2) is 0 Å². The van der Waals surface area contributed by atoms with Crippen LogP contribution in [-0.4, -0.2) is 16.5 Å². The van der Waals surface area contributed by atoms with Crippen molar-refractivity contribution in [2.45, 2.75) is 29.1 Å². The van der Waals surface area contributed by atoms with E-state index in [4.69, 9.17) is 0 Å². The number of hydrogen-bond acceptors (Lipinski definition) is 5. The number of anilines is 1. The highest BCUT2D eigenvalue weighted by atomic mass is 32.2. The molecular weight excluding hydrogens is 305 g/mol. The van der Waals surface area contributed by atoms with Gasteiger partial charge in [-0.15, -0.1) is 11.8 Å². The molecule has 0 radical (unpaired) electrons. The fourth-order valence-corrected chi connectivity index (χ4v) is 4.02. The van der Waals surface area contributed by atoms with Gasteiger partial charge in [-0.2, -0.15) is 11.8 Å². The van der Waals surface area contributed by atoms with Crippen LogP contribution in [0.25, 0.3) is 0 Å². The van der Waals surface area contributed by atoms with E-state index in [1.807, 2.05) is 17.8 Å². The van der Waals surface area contributed by atoms with Crippen LogP contribution in [0.1, 0.15) is 24.0 Å². The Balaban J connectivity index is 1.80. The molecule has 1 aromatic heterocycles. The molecule has 110 valence electrons. The summed E-state index contributed by atoms with van der Waals surface area (Å²) in [4.78, 5) is 9.87. The van der Waals surface area contributed by atoms with Crippen molar-refractivity contribution < 1.29 is 4.39 Å². The van der Waals surface area contributed by atoms with Gasteiger partial charge in [-0.1, -0.05) is 12.1 Å². The van der Waals surface area contributed by atoms with Gasteiger partial charge in [0, 0.05) is 28.5 Å². The molecule has 3 nitrogen and oxygen atoms in total. The summed E-state index contributed by atoms with van der Waals surface area (Å²) in [7, 11) is 0. The second-order valence-electron chi connectivity index (χ2n) is 4.66. The lowest BCUT2D eigenvalue weighted by molar-refractivity contribution is 0.602. The lowest BCUT2D eigenvalue weighted by Crippen LogP contribution is -2.08. The van der Waals surface area contributed by atoms with E-state index in [2.05, 4.69) is 22.2 Å². The van der Waals surface area contributed by atoms with E-state index < -0.39 is 0 Å². The first-order valence-electron chi connectivity index (χ1n) is 6.85. The van der Waals surface area contributed by atoms with Crippen molar-refractivity contribution in [2.24, 2.45) is 0 Å². The molecule has 0 saturated carbocycles. The molecule has 0 bridgehead atoms. The van der Waals surface area contributed by atoms with Gasteiger partial charge in [-0.05, 0) is 19.1 Å². The van der Waals surface area contributed by atoms with Crippen LogP contribution in [0.15, 0.2) is 29.2 Å². The number of benzene rings is 1. The molecule has 1 aromatic carbocycles.